The van der Waals surface area contributed by atoms with Crippen LogP contribution in [0.1, 0.15) is 11.1 Å². The van der Waals surface area contributed by atoms with Gasteiger partial charge in [-0.05, 0) is 24.6 Å². The summed E-state index contributed by atoms with van der Waals surface area (Å²) < 4.78 is 4.88. The third-order valence-corrected chi connectivity index (χ3v) is 4.21. The molecule has 2 rings (SSSR count). The van der Waals surface area contributed by atoms with Crippen molar-refractivity contribution in [2.24, 2.45) is 0 Å². The summed E-state index contributed by atoms with van der Waals surface area (Å²) in [6.45, 7) is 1.52. The lowest BCUT2D eigenvalue weighted by atomic mass is 10.1. The number of imide groups is 1. The Morgan fingerprint density at radius 1 is 0.960 bits per heavy atom. The molecule has 2 aromatic rings. The van der Waals surface area contributed by atoms with Crippen molar-refractivity contribution in [1.82, 2.24) is 5.32 Å². The molecule has 0 atom stereocenters. The van der Waals surface area contributed by atoms with E-state index < -0.39 is 24.4 Å². The maximum absolute atomic E-state index is 11.7. The van der Waals surface area contributed by atoms with E-state index in [0.717, 1.165) is 16.0 Å². The van der Waals surface area contributed by atoms with E-state index in [1.807, 2.05) is 49.4 Å². The van der Waals surface area contributed by atoms with Gasteiger partial charge in [-0.1, -0.05) is 48.0 Å². The van der Waals surface area contributed by atoms with Gasteiger partial charge in [0.2, 0.25) is 5.91 Å². The molecule has 0 aliphatic heterocycles. The lowest BCUT2D eigenvalue weighted by Gasteiger charge is -2.06. The predicted molar refractivity (Wildman–Crippen MR) is 96.2 cm³/mol. The maximum atomic E-state index is 11.7. The molecule has 0 saturated carbocycles. The standard InChI is InChI=1S/C19H19NO4S/c1-14-7-9-16(10-8-14)25-13-19(23)24-12-18(22)20-17(21)11-15-5-3-2-4-6-15/h2-10H,11-13H2,1H3,(H,20,21,22). The van der Waals surface area contributed by atoms with Gasteiger partial charge < -0.3 is 4.74 Å². The van der Waals surface area contributed by atoms with Crippen LogP contribution in [0, 0.1) is 6.92 Å². The van der Waals surface area contributed by atoms with Crippen molar-refractivity contribution in [2.45, 2.75) is 18.2 Å². The van der Waals surface area contributed by atoms with Crippen LogP contribution in [-0.2, 0) is 25.5 Å². The molecule has 5 nitrogen and oxygen atoms in total. The maximum Gasteiger partial charge on any atom is 0.316 e. The molecule has 0 heterocycles. The summed E-state index contributed by atoms with van der Waals surface area (Å²) in [4.78, 5) is 36.0. The van der Waals surface area contributed by atoms with E-state index in [-0.39, 0.29) is 12.2 Å². The molecule has 25 heavy (non-hydrogen) atoms. The van der Waals surface area contributed by atoms with E-state index in [1.54, 1.807) is 12.1 Å². The van der Waals surface area contributed by atoms with Crippen LogP contribution in [-0.4, -0.2) is 30.1 Å². The van der Waals surface area contributed by atoms with E-state index in [4.69, 9.17) is 4.74 Å². The molecule has 130 valence electrons. The van der Waals surface area contributed by atoms with Gasteiger partial charge in [0.1, 0.15) is 0 Å². The first-order valence-electron chi connectivity index (χ1n) is 7.74. The fourth-order valence-corrected chi connectivity index (χ4v) is 2.68. The fraction of sp³-hybridized carbons (Fsp3) is 0.211. The Hall–Kier alpha value is -2.60. The van der Waals surface area contributed by atoms with Gasteiger partial charge in [0.25, 0.3) is 5.91 Å². The van der Waals surface area contributed by atoms with Crippen LogP contribution in [0.3, 0.4) is 0 Å². The van der Waals surface area contributed by atoms with Crippen molar-refractivity contribution in [1.29, 1.82) is 0 Å². The minimum Gasteiger partial charge on any atom is -0.455 e. The number of ether oxygens (including phenoxy) is 1. The molecule has 0 fully saturated rings. The second-order valence-electron chi connectivity index (χ2n) is 5.40. The normalized spacial score (nSPS) is 10.1. The Balaban J connectivity index is 1.66. The molecule has 0 radical (unpaired) electrons. The first kappa shape index (κ1) is 18.7. The zero-order valence-corrected chi connectivity index (χ0v) is 14.7. The number of carbonyl (C=O) groups excluding carboxylic acids is 3. The highest BCUT2D eigenvalue weighted by molar-refractivity contribution is 8.00. The Labute approximate surface area is 150 Å². The number of esters is 1. The van der Waals surface area contributed by atoms with Crippen molar-refractivity contribution in [3.05, 3.63) is 65.7 Å². The van der Waals surface area contributed by atoms with Crippen LogP contribution in [0.4, 0.5) is 0 Å². The van der Waals surface area contributed by atoms with Gasteiger partial charge >= 0.3 is 5.97 Å². The molecule has 2 aromatic carbocycles. The van der Waals surface area contributed by atoms with Gasteiger partial charge in [0, 0.05) is 4.90 Å². The summed E-state index contributed by atoms with van der Waals surface area (Å²) in [5, 5.41) is 2.20. The lowest BCUT2D eigenvalue weighted by Crippen LogP contribution is -2.35. The molecule has 0 aliphatic rings. The van der Waals surface area contributed by atoms with Crippen molar-refractivity contribution in [3.63, 3.8) is 0 Å². The highest BCUT2D eigenvalue weighted by atomic mass is 32.2. The summed E-state index contributed by atoms with van der Waals surface area (Å²) in [6.07, 6.45) is 0.101. The smallest absolute Gasteiger partial charge is 0.316 e. The summed E-state index contributed by atoms with van der Waals surface area (Å²) in [5.74, 6) is -1.46. The summed E-state index contributed by atoms with van der Waals surface area (Å²) in [6, 6.07) is 16.8. The molecule has 6 heteroatoms. The van der Waals surface area contributed by atoms with Gasteiger partial charge in [-0.3, -0.25) is 19.7 Å². The third-order valence-electron chi connectivity index (χ3n) is 3.23. The molecule has 1 N–H and O–H groups in total. The first-order valence-corrected chi connectivity index (χ1v) is 8.73. The number of hydrogen-bond acceptors (Lipinski definition) is 5. The quantitative estimate of drug-likeness (QED) is 0.609. The SMILES string of the molecule is Cc1ccc(SCC(=O)OCC(=O)NC(=O)Cc2ccccc2)cc1. The molecular formula is C19H19NO4S. The number of hydrogen-bond donors (Lipinski definition) is 1. The third kappa shape index (κ3) is 7.22. The number of nitrogens with one attached hydrogen (secondary N) is 1. The zero-order valence-electron chi connectivity index (χ0n) is 13.9. The van der Waals surface area contributed by atoms with Crippen LogP contribution in [0.2, 0.25) is 0 Å². The molecule has 0 spiro atoms. The molecule has 0 unspecified atom stereocenters. The summed E-state index contributed by atoms with van der Waals surface area (Å²) in [5.41, 5.74) is 1.95. The average Bonchev–Trinajstić information content (AvgIpc) is 2.60. The number of amides is 2. The number of benzene rings is 2. The van der Waals surface area contributed by atoms with Gasteiger partial charge in [0.05, 0.1) is 12.2 Å². The van der Waals surface area contributed by atoms with E-state index in [1.165, 1.54) is 11.8 Å². The summed E-state index contributed by atoms with van der Waals surface area (Å²) >= 11 is 1.33. The Morgan fingerprint density at radius 3 is 2.32 bits per heavy atom. The Bertz CT molecular complexity index is 729. The zero-order chi connectivity index (χ0) is 18.1. The highest BCUT2D eigenvalue weighted by Gasteiger charge is 2.11. The van der Waals surface area contributed by atoms with Crippen LogP contribution in [0.15, 0.2) is 59.5 Å². The molecule has 0 aromatic heterocycles. The average molecular weight is 357 g/mol. The number of carbonyl (C=O) groups is 3. The number of rotatable bonds is 7. The van der Waals surface area contributed by atoms with Crippen LogP contribution in [0.5, 0.6) is 0 Å². The Morgan fingerprint density at radius 2 is 1.64 bits per heavy atom. The number of thioether (sulfide) groups is 1. The van der Waals surface area contributed by atoms with Crippen LogP contribution in [0.25, 0.3) is 0 Å². The lowest BCUT2D eigenvalue weighted by molar-refractivity contribution is -0.147. The van der Waals surface area contributed by atoms with Gasteiger partial charge in [-0.15, -0.1) is 11.8 Å². The molecular weight excluding hydrogens is 338 g/mol. The summed E-state index contributed by atoms with van der Waals surface area (Å²) in [7, 11) is 0. The van der Waals surface area contributed by atoms with Crippen molar-refractivity contribution in [3.8, 4) is 0 Å². The van der Waals surface area contributed by atoms with E-state index in [9.17, 15) is 14.4 Å². The molecule has 0 saturated heterocycles. The first-order chi connectivity index (χ1) is 12.0. The monoisotopic (exact) mass is 357 g/mol. The van der Waals surface area contributed by atoms with Crippen molar-refractivity contribution in [2.75, 3.05) is 12.4 Å². The fourth-order valence-electron chi connectivity index (χ4n) is 1.98. The molecule has 0 aliphatic carbocycles. The largest absolute Gasteiger partial charge is 0.455 e. The van der Waals surface area contributed by atoms with Gasteiger partial charge in [0.15, 0.2) is 6.61 Å². The second-order valence-corrected chi connectivity index (χ2v) is 6.44. The van der Waals surface area contributed by atoms with E-state index in [0.29, 0.717) is 0 Å². The van der Waals surface area contributed by atoms with Crippen LogP contribution >= 0.6 is 11.8 Å². The van der Waals surface area contributed by atoms with E-state index in [2.05, 4.69) is 5.32 Å². The van der Waals surface area contributed by atoms with Gasteiger partial charge in [-0.25, -0.2) is 0 Å². The topological polar surface area (TPSA) is 72.5 Å². The van der Waals surface area contributed by atoms with Crippen LogP contribution < -0.4 is 5.32 Å². The van der Waals surface area contributed by atoms with Crippen molar-refractivity contribution < 1.29 is 19.1 Å². The predicted octanol–water partition coefficient (Wildman–Crippen LogP) is 2.52. The highest BCUT2D eigenvalue weighted by Crippen LogP contribution is 2.18. The minimum atomic E-state index is -0.630. The second kappa shape index (κ2) is 9.64. The van der Waals surface area contributed by atoms with Crippen molar-refractivity contribution >= 4 is 29.5 Å². The minimum absolute atomic E-state index is 0.101. The molecule has 2 amide bonds. The van der Waals surface area contributed by atoms with Gasteiger partial charge in [-0.2, -0.15) is 0 Å². The van der Waals surface area contributed by atoms with E-state index >= 15 is 0 Å². The number of aryl methyl sites for hydroxylation is 1. The molecule has 0 bridgehead atoms. The Kier molecular flexibility index (Phi) is 7.22.